The summed E-state index contributed by atoms with van der Waals surface area (Å²) in [4.78, 5) is 0. The molecule has 0 heterocycles. The molecule has 0 amide bonds. The van der Waals surface area contributed by atoms with Crippen molar-refractivity contribution in [2.75, 3.05) is 19.8 Å². The van der Waals surface area contributed by atoms with Crippen LogP contribution in [0.5, 0.6) is 11.5 Å². The van der Waals surface area contributed by atoms with Gasteiger partial charge in [-0.2, -0.15) is 0 Å². The summed E-state index contributed by atoms with van der Waals surface area (Å²) in [6, 6.07) is 12.9. The standard InChI is InChI=1S/C23H35O2/c1-5-11-19(7-3)16-17-24-22-14-15-23(25(8-4)18-6-2)21-13-10-9-12-20(21)22/h9-10,12-15,19H,5-8,11,16-18H2,1-4H3/q+1. The molecule has 0 spiro atoms. The van der Waals surface area contributed by atoms with E-state index in [2.05, 4.69) is 68.5 Å². The second kappa shape index (κ2) is 10.3. The second-order valence-electron chi connectivity index (χ2n) is 6.79. The van der Waals surface area contributed by atoms with E-state index in [0.717, 1.165) is 44.3 Å². The molecule has 2 heteroatoms. The molecule has 138 valence electrons. The first-order valence-electron chi connectivity index (χ1n) is 10.1. The Hall–Kier alpha value is -1.70. The second-order valence-corrected chi connectivity index (χ2v) is 6.79. The van der Waals surface area contributed by atoms with Crippen molar-refractivity contribution in [3.8, 4) is 11.5 Å². The number of rotatable bonds is 11. The molecular weight excluding hydrogens is 308 g/mol. The maximum absolute atomic E-state index is 6.20. The molecule has 0 saturated carbocycles. The zero-order valence-electron chi connectivity index (χ0n) is 16.5. The minimum Gasteiger partial charge on any atom is -0.572 e. The van der Waals surface area contributed by atoms with Crippen LogP contribution >= 0.6 is 0 Å². The lowest BCUT2D eigenvalue weighted by molar-refractivity contribution is -0.0430. The molecule has 0 radical (unpaired) electrons. The van der Waals surface area contributed by atoms with Gasteiger partial charge in [0.2, 0.25) is 0 Å². The monoisotopic (exact) mass is 343 g/mol. The Labute approximate surface area is 153 Å². The first kappa shape index (κ1) is 19.6. The van der Waals surface area contributed by atoms with Crippen LogP contribution in [-0.4, -0.2) is 19.8 Å². The van der Waals surface area contributed by atoms with Crippen molar-refractivity contribution in [1.82, 2.24) is 0 Å². The van der Waals surface area contributed by atoms with Crippen LogP contribution in [0.15, 0.2) is 36.4 Å². The third-order valence-electron chi connectivity index (χ3n) is 5.01. The van der Waals surface area contributed by atoms with Crippen molar-refractivity contribution in [1.29, 1.82) is 0 Å². The summed E-state index contributed by atoms with van der Waals surface area (Å²) < 4.78 is 9.56. The topological polar surface area (TPSA) is 11.9 Å². The average molecular weight is 344 g/mol. The molecule has 2 rings (SSSR count). The van der Waals surface area contributed by atoms with Gasteiger partial charge in [0.05, 0.1) is 12.0 Å². The number of ether oxygens (including phenoxy) is 1. The minimum absolute atomic E-state index is 0.784. The summed E-state index contributed by atoms with van der Waals surface area (Å²) in [5, 5.41) is 2.48. The SMILES string of the molecule is CCCC(CC)CCOc1ccc([O+](CC)CCC)c2ccccc12. The van der Waals surface area contributed by atoms with Gasteiger partial charge in [-0.25, -0.2) is 0 Å². The lowest BCUT2D eigenvalue weighted by Gasteiger charge is -2.24. The molecule has 2 aromatic carbocycles. The first-order chi connectivity index (χ1) is 12.2. The van der Waals surface area contributed by atoms with Crippen LogP contribution in [0.1, 0.15) is 59.8 Å². The zero-order chi connectivity index (χ0) is 18.1. The van der Waals surface area contributed by atoms with Gasteiger partial charge in [-0.1, -0.05) is 58.2 Å². The molecule has 0 aromatic heterocycles. The maximum Gasteiger partial charge on any atom is 0.263 e. The lowest BCUT2D eigenvalue weighted by atomic mass is 9.98. The molecule has 0 aliphatic carbocycles. The van der Waals surface area contributed by atoms with Crippen LogP contribution in [0.2, 0.25) is 0 Å². The molecular formula is C23H35O2+. The fourth-order valence-electron chi connectivity index (χ4n) is 3.57. The van der Waals surface area contributed by atoms with Gasteiger partial charge in [-0.15, -0.1) is 0 Å². The highest BCUT2D eigenvalue weighted by atomic mass is 16.7. The Bertz CT molecular complexity index is 635. The Kier molecular flexibility index (Phi) is 8.11. The van der Waals surface area contributed by atoms with Gasteiger partial charge in [-0.05, 0) is 24.5 Å². The van der Waals surface area contributed by atoms with Crippen LogP contribution in [0.4, 0.5) is 0 Å². The normalized spacial score (nSPS) is 12.3. The van der Waals surface area contributed by atoms with E-state index in [1.165, 1.54) is 35.8 Å². The first-order valence-corrected chi connectivity index (χ1v) is 10.1. The summed E-state index contributed by atoms with van der Waals surface area (Å²) in [6.07, 6.45) is 6.08. The van der Waals surface area contributed by atoms with Crippen LogP contribution in [0.25, 0.3) is 10.8 Å². The van der Waals surface area contributed by atoms with Gasteiger partial charge in [0.25, 0.3) is 5.75 Å². The van der Waals surface area contributed by atoms with Crippen LogP contribution in [0, 0.1) is 5.92 Å². The lowest BCUT2D eigenvalue weighted by Crippen LogP contribution is -2.09. The van der Waals surface area contributed by atoms with E-state index >= 15 is 0 Å². The summed E-state index contributed by atoms with van der Waals surface area (Å²) in [7, 11) is 0. The predicted octanol–water partition coefficient (Wildman–Crippen LogP) is 7.13. The minimum atomic E-state index is 0.784. The number of benzene rings is 2. The highest BCUT2D eigenvalue weighted by Gasteiger charge is 2.16. The number of hydrogen-bond acceptors (Lipinski definition) is 1. The molecule has 0 N–H and O–H groups in total. The predicted molar refractivity (Wildman–Crippen MR) is 109 cm³/mol. The largest absolute Gasteiger partial charge is 0.572 e. The van der Waals surface area contributed by atoms with Gasteiger partial charge < -0.3 is 9.10 Å². The molecule has 1 unspecified atom stereocenters. The van der Waals surface area contributed by atoms with Gasteiger partial charge >= 0.3 is 0 Å². The summed E-state index contributed by atoms with van der Waals surface area (Å²) >= 11 is 0. The van der Waals surface area contributed by atoms with Crippen molar-refractivity contribution >= 4 is 10.8 Å². The molecule has 0 bridgehead atoms. The molecule has 1 atom stereocenters. The molecule has 0 fully saturated rings. The molecule has 0 aliphatic rings. The Morgan fingerprint density at radius 1 is 0.880 bits per heavy atom. The quantitative estimate of drug-likeness (QED) is 0.395. The van der Waals surface area contributed by atoms with E-state index < -0.39 is 0 Å². The van der Waals surface area contributed by atoms with Gasteiger partial charge in [0, 0.05) is 24.8 Å². The fourth-order valence-corrected chi connectivity index (χ4v) is 3.57. The molecule has 0 aliphatic heterocycles. The number of hydrogen-bond donors (Lipinski definition) is 0. The smallest absolute Gasteiger partial charge is 0.263 e. The van der Waals surface area contributed by atoms with Crippen molar-refractivity contribution in [2.45, 2.75) is 59.8 Å². The van der Waals surface area contributed by atoms with E-state index in [0.29, 0.717) is 0 Å². The molecule has 2 nitrogen and oxygen atoms in total. The zero-order valence-corrected chi connectivity index (χ0v) is 16.5. The highest BCUT2D eigenvalue weighted by molar-refractivity contribution is 5.93. The Balaban J connectivity index is 2.19. The van der Waals surface area contributed by atoms with E-state index in [4.69, 9.17) is 4.74 Å². The fraction of sp³-hybridized carbons (Fsp3) is 0.565. The maximum atomic E-state index is 6.20. The molecule has 25 heavy (non-hydrogen) atoms. The van der Waals surface area contributed by atoms with Gasteiger partial charge in [0.15, 0.2) is 13.2 Å². The summed E-state index contributed by atoms with van der Waals surface area (Å²) in [5.41, 5.74) is 0. The molecule has 2 aromatic rings. The van der Waals surface area contributed by atoms with E-state index in [1.807, 2.05) is 0 Å². The van der Waals surface area contributed by atoms with Crippen molar-refractivity contribution in [3.63, 3.8) is 0 Å². The third-order valence-corrected chi connectivity index (χ3v) is 5.01. The van der Waals surface area contributed by atoms with E-state index in [1.54, 1.807) is 0 Å². The van der Waals surface area contributed by atoms with Crippen LogP contribution in [-0.2, 0) is 4.37 Å². The van der Waals surface area contributed by atoms with Crippen LogP contribution in [0.3, 0.4) is 0 Å². The number of fused-ring (bicyclic) bond motifs is 1. The van der Waals surface area contributed by atoms with Crippen molar-refractivity contribution in [2.24, 2.45) is 5.92 Å². The van der Waals surface area contributed by atoms with Gasteiger partial charge in [0.1, 0.15) is 5.75 Å². The molecule has 0 saturated heterocycles. The van der Waals surface area contributed by atoms with E-state index in [9.17, 15) is 0 Å². The highest BCUT2D eigenvalue weighted by Crippen LogP contribution is 2.38. The Morgan fingerprint density at radius 2 is 1.64 bits per heavy atom. The summed E-state index contributed by atoms with van der Waals surface area (Å²) in [6.45, 7) is 11.7. The summed E-state index contributed by atoms with van der Waals surface area (Å²) in [5.74, 6) is 3.04. The van der Waals surface area contributed by atoms with Crippen molar-refractivity contribution in [3.05, 3.63) is 36.4 Å². The van der Waals surface area contributed by atoms with Gasteiger partial charge in [-0.3, -0.25) is 0 Å². The average Bonchev–Trinajstić information content (AvgIpc) is 2.65. The Morgan fingerprint density at radius 3 is 2.28 bits per heavy atom. The van der Waals surface area contributed by atoms with Crippen molar-refractivity contribution < 1.29 is 9.10 Å². The van der Waals surface area contributed by atoms with Crippen LogP contribution < -0.4 is 4.74 Å². The third kappa shape index (κ3) is 5.14. The van der Waals surface area contributed by atoms with E-state index in [-0.39, 0.29) is 0 Å².